The molecule has 0 saturated carbocycles. The normalized spacial score (nSPS) is 18.3. The van der Waals surface area contributed by atoms with Crippen molar-refractivity contribution in [3.63, 3.8) is 0 Å². The highest BCUT2D eigenvalue weighted by Gasteiger charge is 2.22. The minimum atomic E-state index is -0.0700. The molecule has 0 bridgehead atoms. The van der Waals surface area contributed by atoms with Gasteiger partial charge in [0.25, 0.3) is 0 Å². The van der Waals surface area contributed by atoms with Gasteiger partial charge < -0.3 is 19.5 Å². The first-order valence-electron chi connectivity index (χ1n) is 10.0. The van der Waals surface area contributed by atoms with E-state index in [2.05, 4.69) is 15.1 Å². The third-order valence-electron chi connectivity index (χ3n) is 5.51. The molecule has 2 aromatic rings. The topological polar surface area (TPSA) is 52.0 Å². The fourth-order valence-electron chi connectivity index (χ4n) is 3.91. The Kier molecular flexibility index (Phi) is 6.07. The van der Waals surface area contributed by atoms with Crippen molar-refractivity contribution in [2.75, 3.05) is 49.5 Å². The number of piperidine rings is 1. The smallest absolute Gasteiger partial charge is 0.321 e. The third kappa shape index (κ3) is 4.62. The maximum Gasteiger partial charge on any atom is 0.321 e. The monoisotopic (exact) mass is 402 g/mol. The molecule has 150 valence electrons. The molecule has 7 heteroatoms. The molecule has 4 rings (SSSR count). The zero-order valence-corrected chi connectivity index (χ0v) is 16.8. The van der Waals surface area contributed by atoms with Gasteiger partial charge in [0.15, 0.2) is 0 Å². The molecule has 0 aliphatic carbocycles. The summed E-state index contributed by atoms with van der Waals surface area (Å²) in [7, 11) is 0. The Balaban J connectivity index is 1.29. The van der Waals surface area contributed by atoms with Crippen LogP contribution < -0.4 is 10.2 Å². The second-order valence-electron chi connectivity index (χ2n) is 7.49. The highest BCUT2D eigenvalue weighted by atomic mass is 35.5. The minimum absolute atomic E-state index is 0.0700. The lowest BCUT2D eigenvalue weighted by molar-refractivity contribution is 0.137. The number of nitrogens with zero attached hydrogens (tertiary/aromatic N) is 3. The molecule has 0 unspecified atom stereocenters. The molecule has 2 saturated heterocycles. The van der Waals surface area contributed by atoms with E-state index < -0.39 is 0 Å². The van der Waals surface area contributed by atoms with Crippen LogP contribution in [-0.4, -0.2) is 55.1 Å². The molecule has 1 aromatic carbocycles. The predicted molar refractivity (Wildman–Crippen MR) is 112 cm³/mol. The van der Waals surface area contributed by atoms with Crippen LogP contribution in [0.25, 0.3) is 0 Å². The fraction of sp³-hybridized carbons (Fsp3) is 0.476. The van der Waals surface area contributed by atoms with E-state index in [-0.39, 0.29) is 6.03 Å². The number of urea groups is 1. The third-order valence-corrected chi connectivity index (χ3v) is 5.82. The van der Waals surface area contributed by atoms with E-state index in [1.54, 1.807) is 6.26 Å². The van der Waals surface area contributed by atoms with Gasteiger partial charge in [-0.2, -0.15) is 0 Å². The van der Waals surface area contributed by atoms with Crippen LogP contribution in [0.1, 0.15) is 25.0 Å². The molecule has 2 fully saturated rings. The van der Waals surface area contributed by atoms with Crippen LogP contribution in [-0.2, 0) is 6.54 Å². The van der Waals surface area contributed by atoms with Crippen LogP contribution >= 0.6 is 11.6 Å². The molecule has 2 amide bonds. The second kappa shape index (κ2) is 8.88. The molecule has 6 nitrogen and oxygen atoms in total. The van der Waals surface area contributed by atoms with E-state index in [4.69, 9.17) is 16.0 Å². The average Bonchev–Trinajstić information content (AvgIpc) is 3.22. The van der Waals surface area contributed by atoms with Gasteiger partial charge in [-0.15, -0.1) is 0 Å². The van der Waals surface area contributed by atoms with Gasteiger partial charge in [0.2, 0.25) is 0 Å². The summed E-state index contributed by atoms with van der Waals surface area (Å²) in [5.74, 6) is 0.960. The number of amides is 2. The number of furan rings is 1. The van der Waals surface area contributed by atoms with E-state index in [9.17, 15) is 4.79 Å². The number of anilines is 2. The van der Waals surface area contributed by atoms with Crippen LogP contribution in [0, 0.1) is 0 Å². The molecule has 3 heterocycles. The first-order chi connectivity index (χ1) is 13.7. The Morgan fingerprint density at radius 2 is 1.82 bits per heavy atom. The van der Waals surface area contributed by atoms with Gasteiger partial charge >= 0.3 is 6.03 Å². The number of nitrogens with one attached hydrogen (secondary N) is 1. The van der Waals surface area contributed by atoms with Gasteiger partial charge in [-0.25, -0.2) is 4.79 Å². The number of benzene rings is 1. The predicted octanol–water partition coefficient (Wildman–Crippen LogP) is 4.27. The van der Waals surface area contributed by atoms with Gasteiger partial charge in [0.1, 0.15) is 5.76 Å². The lowest BCUT2D eigenvalue weighted by Crippen LogP contribution is -2.49. The van der Waals surface area contributed by atoms with Crippen LogP contribution in [0.3, 0.4) is 0 Å². The van der Waals surface area contributed by atoms with Crippen molar-refractivity contribution in [3.8, 4) is 0 Å². The van der Waals surface area contributed by atoms with Crippen molar-refractivity contribution < 1.29 is 9.21 Å². The summed E-state index contributed by atoms with van der Waals surface area (Å²) in [6.07, 6.45) is 5.40. The Morgan fingerprint density at radius 3 is 2.50 bits per heavy atom. The van der Waals surface area contributed by atoms with Gasteiger partial charge in [0.05, 0.1) is 23.5 Å². The van der Waals surface area contributed by atoms with E-state index in [0.717, 1.165) is 49.9 Å². The second-order valence-corrected chi connectivity index (χ2v) is 7.89. The largest absolute Gasteiger partial charge is 0.468 e. The van der Waals surface area contributed by atoms with E-state index in [1.165, 1.54) is 19.3 Å². The summed E-state index contributed by atoms with van der Waals surface area (Å²) in [4.78, 5) is 19.1. The summed E-state index contributed by atoms with van der Waals surface area (Å²) in [5, 5.41) is 3.69. The number of carbonyl (C=O) groups excluding carboxylic acids is 1. The molecule has 0 radical (unpaired) electrons. The van der Waals surface area contributed by atoms with Crippen molar-refractivity contribution in [1.82, 2.24) is 9.80 Å². The highest BCUT2D eigenvalue weighted by molar-refractivity contribution is 6.33. The first kappa shape index (κ1) is 19.2. The average molecular weight is 403 g/mol. The van der Waals surface area contributed by atoms with Crippen LogP contribution in [0.2, 0.25) is 5.02 Å². The van der Waals surface area contributed by atoms with Gasteiger partial charge in [-0.3, -0.25) is 4.90 Å². The molecular weight excluding hydrogens is 376 g/mol. The molecule has 0 atom stereocenters. The Hall–Kier alpha value is -2.18. The van der Waals surface area contributed by atoms with Crippen molar-refractivity contribution in [2.45, 2.75) is 25.8 Å². The minimum Gasteiger partial charge on any atom is -0.468 e. The van der Waals surface area contributed by atoms with Crippen LogP contribution in [0.15, 0.2) is 41.0 Å². The lowest BCUT2D eigenvalue weighted by atomic mass is 10.1. The summed E-state index contributed by atoms with van der Waals surface area (Å²) < 4.78 is 5.40. The lowest BCUT2D eigenvalue weighted by Gasteiger charge is -2.34. The van der Waals surface area contributed by atoms with Gasteiger partial charge in [-0.1, -0.05) is 11.6 Å². The quantitative estimate of drug-likeness (QED) is 0.829. The van der Waals surface area contributed by atoms with Gasteiger partial charge in [0, 0.05) is 45.0 Å². The maximum atomic E-state index is 12.6. The molecule has 2 aliphatic heterocycles. The zero-order chi connectivity index (χ0) is 19.3. The number of rotatable bonds is 4. The van der Waals surface area contributed by atoms with Crippen LogP contribution in [0.5, 0.6) is 0 Å². The standard InChI is InChI=1S/C21H27ClN4O2/c22-19-15-17(6-7-20(19)25-8-2-1-3-9-25)23-21(27)26-12-10-24(11-13-26)16-18-5-4-14-28-18/h4-7,14-15H,1-3,8-13,16H2,(H,23,27). The van der Waals surface area contributed by atoms with Crippen molar-refractivity contribution in [2.24, 2.45) is 0 Å². The highest BCUT2D eigenvalue weighted by Crippen LogP contribution is 2.31. The van der Waals surface area contributed by atoms with Crippen molar-refractivity contribution in [3.05, 3.63) is 47.4 Å². The summed E-state index contributed by atoms with van der Waals surface area (Å²) in [6.45, 7) is 5.96. The fourth-order valence-corrected chi connectivity index (χ4v) is 4.21. The van der Waals surface area contributed by atoms with E-state index >= 15 is 0 Å². The molecular formula is C21H27ClN4O2. The Bertz CT molecular complexity index is 782. The Labute approximate surface area is 171 Å². The first-order valence-corrected chi connectivity index (χ1v) is 10.4. The number of hydrogen-bond donors (Lipinski definition) is 1. The van der Waals surface area contributed by atoms with Gasteiger partial charge in [-0.05, 0) is 49.6 Å². The molecule has 2 aliphatic rings. The number of carbonyl (C=O) groups is 1. The number of hydrogen-bond acceptors (Lipinski definition) is 4. The zero-order valence-electron chi connectivity index (χ0n) is 16.1. The summed E-state index contributed by atoms with van der Waals surface area (Å²) >= 11 is 6.50. The number of piperazine rings is 1. The molecule has 28 heavy (non-hydrogen) atoms. The van der Waals surface area contributed by atoms with Crippen molar-refractivity contribution >= 4 is 29.0 Å². The molecule has 1 N–H and O–H groups in total. The van der Waals surface area contributed by atoms with E-state index in [0.29, 0.717) is 18.1 Å². The molecule has 1 aromatic heterocycles. The SMILES string of the molecule is O=C(Nc1ccc(N2CCCCC2)c(Cl)c1)N1CCN(Cc2ccco2)CC1. The number of halogens is 1. The summed E-state index contributed by atoms with van der Waals surface area (Å²) in [5.41, 5.74) is 1.81. The Morgan fingerprint density at radius 1 is 1.04 bits per heavy atom. The molecule has 0 spiro atoms. The van der Waals surface area contributed by atoms with Crippen LogP contribution in [0.4, 0.5) is 16.2 Å². The van der Waals surface area contributed by atoms with Crippen molar-refractivity contribution in [1.29, 1.82) is 0 Å². The maximum absolute atomic E-state index is 12.6. The van der Waals surface area contributed by atoms with E-state index in [1.807, 2.05) is 35.2 Å². The summed E-state index contributed by atoms with van der Waals surface area (Å²) in [6, 6.07) is 9.64.